The summed E-state index contributed by atoms with van der Waals surface area (Å²) >= 11 is 0. The third kappa shape index (κ3) is 4.74. The van der Waals surface area contributed by atoms with Gasteiger partial charge in [-0.05, 0) is 12.3 Å². The van der Waals surface area contributed by atoms with Crippen LogP contribution in [0.15, 0.2) is 0 Å². The number of nitriles is 1. The van der Waals surface area contributed by atoms with Crippen LogP contribution in [-0.2, 0) is 14.3 Å². The van der Waals surface area contributed by atoms with Crippen LogP contribution >= 0.6 is 0 Å². The lowest BCUT2D eigenvalue weighted by Crippen LogP contribution is -2.44. The van der Waals surface area contributed by atoms with Gasteiger partial charge in [0.25, 0.3) is 0 Å². The normalized spacial score (nSPS) is 12.4. The molecular weight excluding hydrogens is 232 g/mol. The molecule has 0 heterocycles. The van der Waals surface area contributed by atoms with Crippen molar-refractivity contribution in [1.82, 2.24) is 4.90 Å². The van der Waals surface area contributed by atoms with Crippen molar-refractivity contribution in [2.45, 2.75) is 34.1 Å². The number of carbonyl (C=O) groups is 2. The molecule has 0 aliphatic rings. The van der Waals surface area contributed by atoms with Crippen LogP contribution in [0.5, 0.6) is 0 Å². The Bertz CT molecular complexity index is 339. The van der Waals surface area contributed by atoms with E-state index >= 15 is 0 Å². The standard InChI is InChI=1S/C13H22N2O3/c1-6-18-12(17)10(13(2,3)4)11(16)15(5)9-7-8-14/h10H,6-7,9H2,1-5H3. The van der Waals surface area contributed by atoms with Crippen molar-refractivity contribution in [3.8, 4) is 6.07 Å². The van der Waals surface area contributed by atoms with Gasteiger partial charge in [0.05, 0.1) is 19.1 Å². The number of ether oxygens (including phenoxy) is 1. The maximum absolute atomic E-state index is 12.2. The van der Waals surface area contributed by atoms with Crippen molar-refractivity contribution < 1.29 is 14.3 Å². The fraction of sp³-hybridized carbons (Fsp3) is 0.769. The second-order valence-electron chi connectivity index (χ2n) is 5.22. The second-order valence-corrected chi connectivity index (χ2v) is 5.22. The van der Waals surface area contributed by atoms with E-state index < -0.39 is 17.3 Å². The third-order valence-corrected chi connectivity index (χ3v) is 2.57. The van der Waals surface area contributed by atoms with Crippen molar-refractivity contribution in [2.75, 3.05) is 20.2 Å². The molecule has 0 rings (SSSR count). The summed E-state index contributed by atoms with van der Waals surface area (Å²) in [4.78, 5) is 25.5. The summed E-state index contributed by atoms with van der Waals surface area (Å²) in [6, 6.07) is 1.98. The minimum absolute atomic E-state index is 0.251. The van der Waals surface area contributed by atoms with Gasteiger partial charge in [0.15, 0.2) is 0 Å². The van der Waals surface area contributed by atoms with E-state index in [9.17, 15) is 9.59 Å². The fourth-order valence-electron chi connectivity index (χ4n) is 1.60. The zero-order valence-corrected chi connectivity index (χ0v) is 11.8. The van der Waals surface area contributed by atoms with E-state index in [4.69, 9.17) is 10.00 Å². The maximum atomic E-state index is 12.2. The van der Waals surface area contributed by atoms with Gasteiger partial charge in [-0.2, -0.15) is 5.26 Å². The number of nitrogens with zero attached hydrogens (tertiary/aromatic N) is 2. The smallest absolute Gasteiger partial charge is 0.319 e. The molecule has 1 unspecified atom stereocenters. The molecule has 0 spiro atoms. The molecule has 18 heavy (non-hydrogen) atoms. The number of amides is 1. The maximum Gasteiger partial charge on any atom is 0.319 e. The van der Waals surface area contributed by atoms with Gasteiger partial charge < -0.3 is 9.64 Å². The average Bonchev–Trinajstić information content (AvgIpc) is 2.24. The van der Waals surface area contributed by atoms with Gasteiger partial charge in [-0.3, -0.25) is 9.59 Å². The zero-order chi connectivity index (χ0) is 14.3. The summed E-state index contributed by atoms with van der Waals surface area (Å²) in [5.74, 6) is -1.63. The fourth-order valence-corrected chi connectivity index (χ4v) is 1.60. The molecule has 0 saturated heterocycles. The Morgan fingerprint density at radius 1 is 1.39 bits per heavy atom. The van der Waals surface area contributed by atoms with E-state index in [0.717, 1.165) is 0 Å². The van der Waals surface area contributed by atoms with Crippen LogP contribution in [0.1, 0.15) is 34.1 Å². The van der Waals surface area contributed by atoms with Gasteiger partial charge in [0.2, 0.25) is 5.91 Å². The lowest BCUT2D eigenvalue weighted by Gasteiger charge is -2.30. The molecule has 0 aromatic carbocycles. The summed E-state index contributed by atoms with van der Waals surface area (Å²) in [5.41, 5.74) is -0.510. The summed E-state index contributed by atoms with van der Waals surface area (Å²) < 4.78 is 4.95. The monoisotopic (exact) mass is 254 g/mol. The largest absolute Gasteiger partial charge is 0.465 e. The number of esters is 1. The van der Waals surface area contributed by atoms with Crippen LogP contribution in [0.4, 0.5) is 0 Å². The second kappa shape index (κ2) is 7.00. The highest BCUT2D eigenvalue weighted by Crippen LogP contribution is 2.28. The van der Waals surface area contributed by atoms with Gasteiger partial charge in [-0.15, -0.1) is 0 Å². The highest BCUT2D eigenvalue weighted by molar-refractivity contribution is 5.98. The summed E-state index contributed by atoms with van der Waals surface area (Å²) in [6.45, 7) is 7.75. The van der Waals surface area contributed by atoms with Crippen molar-refractivity contribution in [3.63, 3.8) is 0 Å². The molecule has 0 bridgehead atoms. The van der Waals surface area contributed by atoms with Crippen LogP contribution in [0, 0.1) is 22.7 Å². The van der Waals surface area contributed by atoms with Gasteiger partial charge in [-0.1, -0.05) is 20.8 Å². The van der Waals surface area contributed by atoms with E-state index in [1.165, 1.54) is 4.90 Å². The molecule has 0 radical (unpaired) electrons. The first-order valence-corrected chi connectivity index (χ1v) is 6.04. The van der Waals surface area contributed by atoms with Gasteiger partial charge in [0, 0.05) is 13.6 Å². The van der Waals surface area contributed by atoms with Gasteiger partial charge in [-0.25, -0.2) is 0 Å². The van der Waals surface area contributed by atoms with Gasteiger partial charge >= 0.3 is 5.97 Å². The van der Waals surface area contributed by atoms with E-state index in [1.807, 2.05) is 26.8 Å². The van der Waals surface area contributed by atoms with Gasteiger partial charge in [0.1, 0.15) is 5.92 Å². The Labute approximate surface area is 109 Å². The van der Waals surface area contributed by atoms with Crippen LogP contribution < -0.4 is 0 Å². The lowest BCUT2D eigenvalue weighted by atomic mass is 9.80. The number of carbonyl (C=O) groups excluding carboxylic acids is 2. The molecule has 102 valence electrons. The first-order valence-electron chi connectivity index (χ1n) is 6.04. The van der Waals surface area contributed by atoms with Crippen LogP contribution in [0.3, 0.4) is 0 Å². The Morgan fingerprint density at radius 2 is 1.94 bits per heavy atom. The first kappa shape index (κ1) is 16.4. The molecule has 0 aromatic heterocycles. The molecular formula is C13H22N2O3. The Balaban J connectivity index is 4.93. The van der Waals surface area contributed by atoms with E-state index in [-0.39, 0.29) is 18.9 Å². The molecule has 1 amide bonds. The average molecular weight is 254 g/mol. The SMILES string of the molecule is CCOC(=O)C(C(=O)N(C)CCC#N)C(C)(C)C. The van der Waals surface area contributed by atoms with Crippen molar-refractivity contribution >= 4 is 11.9 Å². The van der Waals surface area contributed by atoms with Crippen molar-refractivity contribution in [3.05, 3.63) is 0 Å². The van der Waals surface area contributed by atoms with Crippen LogP contribution in [0.25, 0.3) is 0 Å². The molecule has 1 atom stereocenters. The number of rotatable bonds is 5. The highest BCUT2D eigenvalue weighted by atomic mass is 16.5. The van der Waals surface area contributed by atoms with E-state index in [1.54, 1.807) is 14.0 Å². The molecule has 0 N–H and O–H groups in total. The summed E-state index contributed by atoms with van der Waals surface area (Å²) in [7, 11) is 1.59. The Morgan fingerprint density at radius 3 is 2.33 bits per heavy atom. The van der Waals surface area contributed by atoms with Crippen LogP contribution in [0.2, 0.25) is 0 Å². The molecule has 5 heteroatoms. The molecule has 0 fully saturated rings. The van der Waals surface area contributed by atoms with Crippen molar-refractivity contribution in [1.29, 1.82) is 5.26 Å². The van der Waals surface area contributed by atoms with Crippen LogP contribution in [-0.4, -0.2) is 37.0 Å². The van der Waals surface area contributed by atoms with E-state index in [2.05, 4.69) is 0 Å². The van der Waals surface area contributed by atoms with Crippen molar-refractivity contribution in [2.24, 2.45) is 11.3 Å². The topological polar surface area (TPSA) is 70.4 Å². The number of hydrogen-bond donors (Lipinski definition) is 0. The summed E-state index contributed by atoms with van der Waals surface area (Å²) in [5, 5.41) is 8.51. The quantitative estimate of drug-likeness (QED) is 0.551. The molecule has 0 saturated carbocycles. The molecule has 0 aromatic rings. The Hall–Kier alpha value is -1.57. The molecule has 0 aliphatic carbocycles. The Kier molecular flexibility index (Phi) is 6.39. The minimum atomic E-state index is -0.832. The molecule has 5 nitrogen and oxygen atoms in total. The highest BCUT2D eigenvalue weighted by Gasteiger charge is 2.40. The predicted molar refractivity (Wildman–Crippen MR) is 67.4 cm³/mol. The minimum Gasteiger partial charge on any atom is -0.465 e. The zero-order valence-electron chi connectivity index (χ0n) is 11.8. The predicted octanol–water partition coefficient (Wildman–Crippen LogP) is 1.58. The summed E-state index contributed by atoms with van der Waals surface area (Å²) in [6.07, 6.45) is 0.252. The number of hydrogen-bond acceptors (Lipinski definition) is 4. The lowest BCUT2D eigenvalue weighted by molar-refractivity contribution is -0.160. The molecule has 0 aliphatic heterocycles. The third-order valence-electron chi connectivity index (χ3n) is 2.57. The first-order chi connectivity index (χ1) is 8.25. The van der Waals surface area contributed by atoms with E-state index in [0.29, 0.717) is 6.54 Å².